The van der Waals surface area contributed by atoms with Crippen LogP contribution in [0.3, 0.4) is 0 Å². The van der Waals surface area contributed by atoms with Crippen LogP contribution in [0.1, 0.15) is 9.88 Å². The molecule has 15 heavy (non-hydrogen) atoms. The molecule has 0 aliphatic rings. The summed E-state index contributed by atoms with van der Waals surface area (Å²) in [6.45, 7) is 2.03. The Morgan fingerprint density at radius 2 is 2.27 bits per heavy atom. The van der Waals surface area contributed by atoms with Crippen molar-refractivity contribution >= 4 is 27.3 Å². The predicted octanol–water partition coefficient (Wildman–Crippen LogP) is 3.37. The zero-order valence-corrected chi connectivity index (χ0v) is 10.6. The van der Waals surface area contributed by atoms with E-state index in [4.69, 9.17) is 5.11 Å². The van der Waals surface area contributed by atoms with Gasteiger partial charge in [0, 0.05) is 14.9 Å². The number of aliphatic hydroxyl groups excluding tert-OH is 1. The van der Waals surface area contributed by atoms with Crippen molar-refractivity contribution in [2.24, 2.45) is 0 Å². The highest BCUT2D eigenvalue weighted by Gasteiger charge is 2.08. The number of benzene rings is 1. The number of rotatable bonds is 2. The van der Waals surface area contributed by atoms with E-state index in [9.17, 15) is 0 Å². The van der Waals surface area contributed by atoms with Crippen molar-refractivity contribution in [1.82, 2.24) is 4.98 Å². The van der Waals surface area contributed by atoms with Crippen LogP contribution >= 0.6 is 27.3 Å². The second kappa shape index (κ2) is 4.43. The smallest absolute Gasteiger partial charge is 0.119 e. The van der Waals surface area contributed by atoms with Gasteiger partial charge in [0.25, 0.3) is 0 Å². The molecule has 1 heterocycles. The molecule has 0 aliphatic carbocycles. The number of aryl methyl sites for hydroxylation is 1. The van der Waals surface area contributed by atoms with Crippen LogP contribution in [0.25, 0.3) is 11.3 Å². The van der Waals surface area contributed by atoms with Crippen molar-refractivity contribution in [3.05, 3.63) is 38.6 Å². The number of halogens is 1. The van der Waals surface area contributed by atoms with E-state index in [1.165, 1.54) is 11.3 Å². The van der Waals surface area contributed by atoms with Crippen molar-refractivity contribution in [1.29, 1.82) is 0 Å². The lowest BCUT2D eigenvalue weighted by Gasteiger charge is -1.98. The largest absolute Gasteiger partial charge is 0.389 e. The summed E-state index contributed by atoms with van der Waals surface area (Å²) < 4.78 is 1.04. The third-order valence-electron chi connectivity index (χ3n) is 2.07. The van der Waals surface area contributed by atoms with Crippen LogP contribution < -0.4 is 0 Å². The number of thiazole rings is 1. The fourth-order valence-electron chi connectivity index (χ4n) is 1.42. The van der Waals surface area contributed by atoms with E-state index in [0.717, 1.165) is 25.6 Å². The Balaban J connectivity index is 2.48. The summed E-state index contributed by atoms with van der Waals surface area (Å²) in [6, 6.07) is 8.02. The maximum Gasteiger partial charge on any atom is 0.119 e. The molecule has 2 nitrogen and oxygen atoms in total. The van der Waals surface area contributed by atoms with Gasteiger partial charge in [0.2, 0.25) is 0 Å². The van der Waals surface area contributed by atoms with Crippen LogP contribution in [-0.2, 0) is 6.61 Å². The molecule has 0 saturated carbocycles. The molecule has 0 saturated heterocycles. The molecule has 2 rings (SSSR count). The number of aromatic nitrogens is 1. The summed E-state index contributed by atoms with van der Waals surface area (Å²) in [4.78, 5) is 5.52. The summed E-state index contributed by atoms with van der Waals surface area (Å²) in [5.74, 6) is 0. The topological polar surface area (TPSA) is 33.1 Å². The summed E-state index contributed by atoms with van der Waals surface area (Å²) in [5.41, 5.74) is 2.04. The van der Waals surface area contributed by atoms with Crippen molar-refractivity contribution in [3.8, 4) is 11.3 Å². The first kappa shape index (κ1) is 10.8. The van der Waals surface area contributed by atoms with Crippen LogP contribution in [0.15, 0.2) is 28.7 Å². The number of hydrogen-bond acceptors (Lipinski definition) is 3. The van der Waals surface area contributed by atoms with Gasteiger partial charge in [-0.15, -0.1) is 11.3 Å². The molecule has 1 aromatic heterocycles. The average molecular weight is 284 g/mol. The minimum absolute atomic E-state index is 0.0134. The van der Waals surface area contributed by atoms with Crippen LogP contribution in [0.5, 0.6) is 0 Å². The van der Waals surface area contributed by atoms with E-state index in [0.29, 0.717) is 0 Å². The van der Waals surface area contributed by atoms with E-state index >= 15 is 0 Å². The summed E-state index contributed by atoms with van der Waals surface area (Å²) in [7, 11) is 0. The Labute approximate surface area is 101 Å². The molecule has 0 unspecified atom stereocenters. The molecular weight excluding hydrogens is 274 g/mol. The normalized spacial score (nSPS) is 10.6. The van der Waals surface area contributed by atoms with Gasteiger partial charge in [0.1, 0.15) is 5.01 Å². The number of nitrogens with zero attached hydrogens (tertiary/aromatic N) is 1. The van der Waals surface area contributed by atoms with Gasteiger partial charge in [-0.3, -0.25) is 0 Å². The fraction of sp³-hybridized carbons (Fsp3) is 0.182. The Bertz CT molecular complexity index is 481. The molecule has 4 heteroatoms. The zero-order valence-electron chi connectivity index (χ0n) is 8.20. The number of hydrogen-bond donors (Lipinski definition) is 1. The highest BCUT2D eigenvalue weighted by Crippen LogP contribution is 2.29. The minimum Gasteiger partial charge on any atom is -0.389 e. The van der Waals surface area contributed by atoms with Gasteiger partial charge in [0.15, 0.2) is 0 Å². The molecule has 0 aliphatic heterocycles. The van der Waals surface area contributed by atoms with Gasteiger partial charge < -0.3 is 5.11 Å². The lowest BCUT2D eigenvalue weighted by molar-refractivity contribution is 0.281. The molecule has 2 aromatic rings. The first-order valence-electron chi connectivity index (χ1n) is 4.54. The van der Waals surface area contributed by atoms with E-state index in [2.05, 4.69) is 20.9 Å². The maximum absolute atomic E-state index is 9.02. The SMILES string of the molecule is Cc1sc(CO)nc1-c1cccc(Br)c1. The van der Waals surface area contributed by atoms with E-state index in [-0.39, 0.29) is 6.61 Å². The van der Waals surface area contributed by atoms with Gasteiger partial charge in [-0.1, -0.05) is 28.1 Å². The average Bonchev–Trinajstić information content (AvgIpc) is 2.60. The van der Waals surface area contributed by atoms with Gasteiger partial charge >= 0.3 is 0 Å². The molecule has 0 atom stereocenters. The lowest BCUT2D eigenvalue weighted by Crippen LogP contribution is -1.83. The van der Waals surface area contributed by atoms with Crippen molar-refractivity contribution < 1.29 is 5.11 Å². The van der Waals surface area contributed by atoms with Crippen LogP contribution in [0.4, 0.5) is 0 Å². The third-order valence-corrected chi connectivity index (χ3v) is 3.52. The molecule has 0 fully saturated rings. The van der Waals surface area contributed by atoms with Crippen molar-refractivity contribution in [2.75, 3.05) is 0 Å². The van der Waals surface area contributed by atoms with Gasteiger partial charge in [-0.2, -0.15) is 0 Å². The van der Waals surface area contributed by atoms with Crippen LogP contribution in [0.2, 0.25) is 0 Å². The van der Waals surface area contributed by atoms with Crippen LogP contribution in [0, 0.1) is 6.92 Å². The second-order valence-electron chi connectivity index (χ2n) is 3.18. The van der Waals surface area contributed by atoms with E-state index in [1.54, 1.807) is 0 Å². The van der Waals surface area contributed by atoms with E-state index < -0.39 is 0 Å². The molecule has 0 amide bonds. The quantitative estimate of drug-likeness (QED) is 0.917. The molecule has 0 bridgehead atoms. The summed E-state index contributed by atoms with van der Waals surface area (Å²) in [6.07, 6.45) is 0. The Hall–Kier alpha value is -0.710. The van der Waals surface area contributed by atoms with Crippen molar-refractivity contribution in [2.45, 2.75) is 13.5 Å². The molecule has 1 aromatic carbocycles. The highest BCUT2D eigenvalue weighted by atomic mass is 79.9. The standard InChI is InChI=1S/C11H10BrNOS/c1-7-11(13-10(6-14)15-7)8-3-2-4-9(12)5-8/h2-5,14H,6H2,1H3. The molecule has 1 N–H and O–H groups in total. The molecule has 78 valence electrons. The van der Waals surface area contributed by atoms with Crippen LogP contribution in [-0.4, -0.2) is 10.1 Å². The predicted molar refractivity (Wildman–Crippen MR) is 65.9 cm³/mol. The monoisotopic (exact) mass is 283 g/mol. The second-order valence-corrected chi connectivity index (χ2v) is 5.38. The maximum atomic E-state index is 9.02. The van der Waals surface area contributed by atoms with Gasteiger partial charge in [-0.05, 0) is 19.1 Å². The Morgan fingerprint density at radius 1 is 1.47 bits per heavy atom. The van der Waals surface area contributed by atoms with Gasteiger partial charge in [0.05, 0.1) is 12.3 Å². The molecular formula is C11H10BrNOS. The van der Waals surface area contributed by atoms with Gasteiger partial charge in [-0.25, -0.2) is 4.98 Å². The first-order chi connectivity index (χ1) is 7.20. The minimum atomic E-state index is 0.0134. The highest BCUT2D eigenvalue weighted by molar-refractivity contribution is 9.10. The van der Waals surface area contributed by atoms with E-state index in [1.807, 2.05) is 31.2 Å². The third kappa shape index (κ3) is 2.27. The summed E-state index contributed by atoms with van der Waals surface area (Å²) >= 11 is 4.97. The zero-order chi connectivity index (χ0) is 10.8. The van der Waals surface area contributed by atoms with Crippen molar-refractivity contribution in [3.63, 3.8) is 0 Å². The molecule has 0 spiro atoms. The summed E-state index contributed by atoms with van der Waals surface area (Å²) in [5, 5.41) is 9.78. The molecule has 0 radical (unpaired) electrons. The fourth-order valence-corrected chi connectivity index (χ4v) is 2.64. The first-order valence-corrected chi connectivity index (χ1v) is 6.15. The Kier molecular flexibility index (Phi) is 3.19. The lowest BCUT2D eigenvalue weighted by atomic mass is 10.1. The Morgan fingerprint density at radius 3 is 2.87 bits per heavy atom. The number of aliphatic hydroxyl groups is 1.